The van der Waals surface area contributed by atoms with E-state index in [0.717, 1.165) is 31.8 Å². The predicted molar refractivity (Wildman–Crippen MR) is 343 cm³/mol. The quantitative estimate of drug-likeness (QED) is 0.00674. The Labute approximate surface area is 570 Å². The van der Waals surface area contributed by atoms with E-state index >= 15 is 0 Å². The van der Waals surface area contributed by atoms with Gasteiger partial charge in [-0.3, -0.25) is 28.8 Å². The van der Waals surface area contributed by atoms with Gasteiger partial charge in [-0.05, 0) is 122 Å². The van der Waals surface area contributed by atoms with E-state index in [1.165, 1.54) is 27.2 Å². The van der Waals surface area contributed by atoms with Crippen LogP contribution in [0.25, 0.3) is 10.4 Å². The number of aliphatic hydroxyl groups excluding tert-OH is 3. The minimum atomic E-state index is -1.21. The average molecular weight is 1340 g/mol. The summed E-state index contributed by atoms with van der Waals surface area (Å²) >= 11 is 0. The van der Waals surface area contributed by atoms with Crippen LogP contribution in [0, 0.1) is 0 Å². The number of ketones is 3. The van der Waals surface area contributed by atoms with Gasteiger partial charge in [0.1, 0.15) is 45.3 Å². The molecule has 0 aromatic rings. The second-order valence-electron chi connectivity index (χ2n) is 25.4. The summed E-state index contributed by atoms with van der Waals surface area (Å²) in [5, 5.41) is 34.2. The van der Waals surface area contributed by atoms with Crippen molar-refractivity contribution in [1.29, 1.82) is 0 Å². The van der Waals surface area contributed by atoms with Crippen molar-refractivity contribution in [2.75, 3.05) is 112 Å². The fraction of sp³-hybridized carbons (Fsp3) is 0.839. The summed E-state index contributed by atoms with van der Waals surface area (Å²) in [6.07, 6.45) is 6.67. The Bertz CT molecular complexity index is 1880. The summed E-state index contributed by atoms with van der Waals surface area (Å²) in [6, 6.07) is -0.431. The molecule has 0 fully saturated rings. The fourth-order valence-corrected chi connectivity index (χ4v) is 5.97. The van der Waals surface area contributed by atoms with Crippen molar-refractivity contribution in [2.45, 2.75) is 227 Å². The van der Waals surface area contributed by atoms with Crippen molar-refractivity contribution in [3.63, 3.8) is 0 Å². The van der Waals surface area contributed by atoms with Crippen LogP contribution in [0.3, 0.4) is 0 Å². The maximum absolute atomic E-state index is 12.6. The third-order valence-corrected chi connectivity index (χ3v) is 10.1. The second kappa shape index (κ2) is 58.1. The van der Waals surface area contributed by atoms with E-state index in [0.29, 0.717) is 13.1 Å². The third kappa shape index (κ3) is 76.4. The van der Waals surface area contributed by atoms with Crippen LogP contribution in [0.15, 0.2) is 17.8 Å². The number of hydrogen-bond donors (Lipinski definition) is 7. The number of ether oxygens (including phenoxy) is 10. The van der Waals surface area contributed by atoms with E-state index in [-0.39, 0.29) is 194 Å². The van der Waals surface area contributed by atoms with Gasteiger partial charge in [0.2, 0.25) is 0 Å². The van der Waals surface area contributed by atoms with Gasteiger partial charge in [-0.1, -0.05) is 44.8 Å². The first-order valence-electron chi connectivity index (χ1n) is 30.5. The van der Waals surface area contributed by atoms with Gasteiger partial charge in [-0.2, -0.15) is 0 Å². The number of aliphatic hydroxyl groups is 3. The number of rotatable bonds is 42. The van der Waals surface area contributed by atoms with Gasteiger partial charge >= 0.3 is 59.5 Å². The molecular formula is C62H120N7NaO22. The summed E-state index contributed by atoms with van der Waals surface area (Å²) in [5.41, 5.74) is 14.4. The van der Waals surface area contributed by atoms with E-state index in [1.807, 2.05) is 20.8 Å². The number of amides is 2. The molecule has 0 atom stereocenters. The smallest absolute Gasteiger partial charge is 0.870 e. The van der Waals surface area contributed by atoms with Crippen LogP contribution in [-0.2, 0) is 80.9 Å². The Hall–Kier alpha value is -4.27. The zero-order valence-corrected chi connectivity index (χ0v) is 61.2. The largest absolute Gasteiger partial charge is 1.00 e. The normalized spacial score (nSPS) is 11.3. The molecule has 0 heterocycles. The number of Topliss-reactive ketones (excluding diaryl/α,β-unsaturated/α-hetero) is 3. The van der Waals surface area contributed by atoms with Crippen LogP contribution in [0.2, 0.25) is 0 Å². The Kier molecular flexibility index (Phi) is 64.0. The Morgan fingerprint density at radius 2 is 0.793 bits per heavy atom. The molecule has 2 amide bonds. The zero-order valence-electron chi connectivity index (χ0n) is 59.2. The van der Waals surface area contributed by atoms with Crippen molar-refractivity contribution in [1.82, 2.24) is 10.6 Å². The summed E-state index contributed by atoms with van der Waals surface area (Å²) in [6.45, 7) is 34.2. The van der Waals surface area contributed by atoms with Gasteiger partial charge in [0.25, 0.3) is 0 Å². The molecule has 0 spiro atoms. The molecule has 0 aliphatic carbocycles. The van der Waals surface area contributed by atoms with Crippen molar-refractivity contribution < 1.29 is 136 Å². The Morgan fingerprint density at radius 3 is 1.04 bits per heavy atom. The van der Waals surface area contributed by atoms with Crippen LogP contribution in [-0.4, -0.2) is 219 Å². The molecule has 0 aromatic carbocycles. The van der Waals surface area contributed by atoms with E-state index in [2.05, 4.69) is 41.1 Å². The van der Waals surface area contributed by atoms with Gasteiger partial charge < -0.3 is 90.3 Å². The molecule has 29 nitrogen and oxygen atoms in total. The van der Waals surface area contributed by atoms with Gasteiger partial charge in [0, 0.05) is 43.3 Å². The maximum Gasteiger partial charge on any atom is 1.00 e. The van der Waals surface area contributed by atoms with Crippen LogP contribution in [0.4, 0.5) is 4.79 Å². The SMILES string of the molecule is C=CC(=O)OC(C)(C)C.CC(=O)CCOCC(COCCC(C)=O)(COCCC(C)=O)NC(=O)NCCCCCCN=[N+]=[N-].CC(C)(C)OC(=O)CCOCC(N)(COCCC(=O)OC(C)(C)C)COCCC(=O)OC(C)(C)C.CCC.NC(CO)(CO)CO.[Na+].[OH-]. The van der Waals surface area contributed by atoms with E-state index in [4.69, 9.17) is 79.7 Å². The molecule has 92 heavy (non-hydrogen) atoms. The van der Waals surface area contributed by atoms with Gasteiger partial charge in [0.15, 0.2) is 0 Å². The van der Waals surface area contributed by atoms with Crippen LogP contribution in [0.5, 0.6) is 0 Å². The Balaban J connectivity index is -0.000000237. The van der Waals surface area contributed by atoms with E-state index in [1.54, 1.807) is 62.3 Å². The summed E-state index contributed by atoms with van der Waals surface area (Å²) in [5.74, 6) is -1.54. The molecule has 0 saturated carbocycles. The molecular weight excluding hydrogens is 1220 g/mol. The number of nitrogens with two attached hydrogens (primary N) is 2. The molecule has 0 saturated heterocycles. The summed E-state index contributed by atoms with van der Waals surface area (Å²) in [4.78, 5) is 95.2. The second-order valence-corrected chi connectivity index (χ2v) is 25.4. The van der Waals surface area contributed by atoms with Crippen LogP contribution in [0.1, 0.15) is 188 Å². The van der Waals surface area contributed by atoms with E-state index in [9.17, 15) is 38.4 Å². The number of nitrogens with zero attached hydrogens (tertiary/aromatic N) is 3. The molecule has 536 valence electrons. The monoisotopic (exact) mass is 1340 g/mol. The number of urea groups is 1. The minimum absolute atomic E-state index is 0. The minimum Gasteiger partial charge on any atom is -0.870 e. The number of hydrogen-bond acceptors (Lipinski definition) is 25. The zero-order chi connectivity index (χ0) is 70.5. The van der Waals surface area contributed by atoms with Crippen LogP contribution >= 0.6 is 0 Å². The molecule has 0 aliphatic heterocycles. The van der Waals surface area contributed by atoms with Crippen molar-refractivity contribution in [3.05, 3.63) is 23.1 Å². The fourth-order valence-electron chi connectivity index (χ4n) is 5.97. The average Bonchev–Trinajstić information content (AvgIpc) is 1.08. The molecule has 10 N–H and O–H groups in total. The number of nitrogens with one attached hydrogen (secondary N) is 2. The first-order valence-corrected chi connectivity index (χ1v) is 30.5. The predicted octanol–water partition coefficient (Wildman–Crippen LogP) is 3.23. The first-order chi connectivity index (χ1) is 41.6. The molecule has 0 aromatic heterocycles. The molecule has 0 aliphatic rings. The summed E-state index contributed by atoms with van der Waals surface area (Å²) < 4.78 is 54.4. The van der Waals surface area contributed by atoms with Gasteiger partial charge in [0.05, 0.1) is 129 Å². The standard InChI is InChI=1S/C25H47NO9.C23H41N5O7.C7H12O2.C4H11NO3.C3H8.Na.H2O/c1-22(2,3)33-19(27)10-13-30-16-25(26,17-31-14-11-20(28)34-23(4,5)6)18-32-15-12-21(29)35-24(7,8)9;1-19(29)8-13-33-16-23(17-34-14-9-20(2)30,18-35-15-10-21(3)31)27-22(32)25-11-6-4-5-7-12-26-28-24;1-5-6(8)9-7(2,3)4;5-4(1-6,2-7)3-8;1-3-2;;/h10-18,26H2,1-9H3;4-18H2,1-3H3,(H2,25,27,32);5H,1H2,2-4H3;6-8H,1-3,5H2;3H2,1-2H3;;1H2/q;;;;;+1;/p-1. The van der Waals surface area contributed by atoms with Crippen molar-refractivity contribution in [3.8, 4) is 0 Å². The van der Waals surface area contributed by atoms with Gasteiger partial charge in [-0.25, -0.2) is 9.59 Å². The number of esters is 4. The van der Waals surface area contributed by atoms with Crippen molar-refractivity contribution in [2.24, 2.45) is 16.6 Å². The maximum atomic E-state index is 12.6. The molecule has 0 unspecified atom stereocenters. The number of unbranched alkanes of at least 4 members (excludes halogenated alkanes) is 3. The summed E-state index contributed by atoms with van der Waals surface area (Å²) in [7, 11) is 0. The van der Waals surface area contributed by atoms with Crippen LogP contribution < -0.4 is 51.7 Å². The molecule has 0 bridgehead atoms. The number of carbonyl (C=O) groups is 8. The van der Waals surface area contributed by atoms with Gasteiger partial charge in [-0.15, -0.1) is 0 Å². The third-order valence-electron chi connectivity index (χ3n) is 10.1. The topological polar surface area (TPSA) is 444 Å². The van der Waals surface area contributed by atoms with E-state index < -0.39 is 64.9 Å². The first kappa shape index (κ1) is 101. The number of azide groups is 1. The Morgan fingerprint density at radius 1 is 0.500 bits per heavy atom. The van der Waals surface area contributed by atoms with Crippen molar-refractivity contribution >= 4 is 47.3 Å². The number of carbonyl (C=O) groups excluding carboxylic acids is 8. The molecule has 30 heteroatoms. The molecule has 0 radical (unpaired) electrons. The molecule has 0 rings (SSSR count).